The first-order valence-corrected chi connectivity index (χ1v) is 5.50. The Morgan fingerprint density at radius 3 is 2.27 bits per heavy atom. The van der Waals surface area contributed by atoms with Gasteiger partial charge in [-0.05, 0) is 38.1 Å². The molecule has 0 N–H and O–H groups in total. The molecule has 0 fully saturated rings. The van der Waals surface area contributed by atoms with Gasteiger partial charge in [-0.1, -0.05) is 0 Å². The monoisotopic (exact) mass is 271 g/mol. The number of ether oxygens (including phenoxy) is 1. The first-order valence-electron chi connectivity index (χ1n) is 4.70. The molecule has 0 spiro atoms. The van der Waals surface area contributed by atoms with Crippen molar-refractivity contribution in [3.63, 3.8) is 0 Å². The molecule has 82 valence electrons. The van der Waals surface area contributed by atoms with Crippen LogP contribution < -0.4 is 9.64 Å². The molecule has 0 bridgehead atoms. The fourth-order valence-electron chi connectivity index (χ4n) is 1.12. The lowest BCUT2D eigenvalue weighted by molar-refractivity contribution is 0.242. The lowest BCUT2D eigenvalue weighted by Crippen LogP contribution is -2.18. The zero-order valence-electron chi connectivity index (χ0n) is 9.03. The van der Waals surface area contributed by atoms with E-state index in [4.69, 9.17) is 4.74 Å². The third kappa shape index (κ3) is 3.55. The highest BCUT2D eigenvalue weighted by Gasteiger charge is 2.06. The summed E-state index contributed by atoms with van der Waals surface area (Å²) in [6.45, 7) is 3.95. The molecule has 0 aliphatic heterocycles. The van der Waals surface area contributed by atoms with Gasteiger partial charge in [0.25, 0.3) is 4.82 Å². The SMILES string of the molecule is CC(C)Oc1ccc(N(C)C(=O)Br)cc1. The van der Waals surface area contributed by atoms with Gasteiger partial charge in [-0.2, -0.15) is 0 Å². The summed E-state index contributed by atoms with van der Waals surface area (Å²) in [6.07, 6.45) is 0.159. The number of rotatable bonds is 3. The second kappa shape index (κ2) is 5.16. The van der Waals surface area contributed by atoms with Crippen molar-refractivity contribution in [2.75, 3.05) is 11.9 Å². The summed E-state index contributed by atoms with van der Waals surface area (Å²) < 4.78 is 5.49. The quantitative estimate of drug-likeness (QED) is 0.623. The number of carbonyl (C=O) groups excluding carboxylic acids is 1. The average Bonchev–Trinajstić information content (AvgIpc) is 2.17. The maximum absolute atomic E-state index is 11.0. The van der Waals surface area contributed by atoms with Crippen molar-refractivity contribution in [1.82, 2.24) is 0 Å². The first kappa shape index (κ1) is 12.0. The van der Waals surface area contributed by atoms with E-state index < -0.39 is 0 Å². The standard InChI is InChI=1S/C11H14BrNO2/c1-8(2)15-10-6-4-9(5-7-10)13(3)11(12)14/h4-8H,1-3H3. The summed E-state index contributed by atoms with van der Waals surface area (Å²) in [7, 11) is 1.70. The predicted octanol–water partition coefficient (Wildman–Crippen LogP) is 3.42. The minimum Gasteiger partial charge on any atom is -0.491 e. The normalized spacial score (nSPS) is 10.2. The van der Waals surface area contributed by atoms with Crippen LogP contribution in [-0.4, -0.2) is 18.0 Å². The number of hydrogen-bond acceptors (Lipinski definition) is 2. The molecule has 1 rings (SSSR count). The van der Waals surface area contributed by atoms with Crippen LogP contribution in [-0.2, 0) is 0 Å². The Morgan fingerprint density at radius 2 is 1.87 bits per heavy atom. The highest BCUT2D eigenvalue weighted by Crippen LogP contribution is 2.20. The third-order valence-corrected chi connectivity index (χ3v) is 2.39. The van der Waals surface area contributed by atoms with E-state index >= 15 is 0 Å². The van der Waals surface area contributed by atoms with Gasteiger partial charge in [0.1, 0.15) is 5.75 Å². The molecular formula is C11H14BrNO2. The maximum Gasteiger partial charge on any atom is 0.293 e. The van der Waals surface area contributed by atoms with Crippen molar-refractivity contribution in [1.29, 1.82) is 0 Å². The van der Waals surface area contributed by atoms with E-state index in [-0.39, 0.29) is 10.9 Å². The van der Waals surface area contributed by atoms with Crippen LogP contribution in [0.15, 0.2) is 24.3 Å². The number of nitrogens with zero attached hydrogens (tertiary/aromatic N) is 1. The molecule has 0 aliphatic rings. The van der Waals surface area contributed by atoms with Gasteiger partial charge in [0.15, 0.2) is 0 Å². The molecule has 0 saturated carbocycles. The highest BCUT2D eigenvalue weighted by molar-refractivity contribution is 9.18. The van der Waals surface area contributed by atoms with Gasteiger partial charge >= 0.3 is 0 Å². The van der Waals surface area contributed by atoms with Gasteiger partial charge in [-0.3, -0.25) is 4.79 Å². The summed E-state index contributed by atoms with van der Waals surface area (Å²) >= 11 is 2.89. The third-order valence-electron chi connectivity index (χ3n) is 1.86. The van der Waals surface area contributed by atoms with Crippen LogP contribution in [0.3, 0.4) is 0 Å². The molecule has 3 nitrogen and oxygen atoms in total. The van der Waals surface area contributed by atoms with Crippen molar-refractivity contribution < 1.29 is 9.53 Å². The zero-order chi connectivity index (χ0) is 11.4. The number of anilines is 1. The summed E-state index contributed by atoms with van der Waals surface area (Å²) in [5.41, 5.74) is 0.827. The minimum atomic E-state index is -0.167. The van der Waals surface area contributed by atoms with Crippen molar-refractivity contribution >= 4 is 26.4 Å². The topological polar surface area (TPSA) is 29.5 Å². The molecule has 0 aromatic heterocycles. The Labute approximate surface area is 98.2 Å². The minimum absolute atomic E-state index is 0.159. The van der Waals surface area contributed by atoms with Crippen molar-refractivity contribution in [2.24, 2.45) is 0 Å². The first-order chi connectivity index (χ1) is 7.00. The van der Waals surface area contributed by atoms with E-state index in [1.165, 1.54) is 4.90 Å². The van der Waals surface area contributed by atoms with Gasteiger partial charge in [0, 0.05) is 28.7 Å². The van der Waals surface area contributed by atoms with Crippen LogP contribution in [0.5, 0.6) is 5.75 Å². The molecule has 0 saturated heterocycles. The second-order valence-electron chi connectivity index (χ2n) is 3.47. The smallest absolute Gasteiger partial charge is 0.293 e. The van der Waals surface area contributed by atoms with E-state index in [0.717, 1.165) is 11.4 Å². The van der Waals surface area contributed by atoms with Gasteiger partial charge in [-0.15, -0.1) is 0 Å². The van der Waals surface area contributed by atoms with Crippen LogP contribution in [0.1, 0.15) is 13.8 Å². The van der Waals surface area contributed by atoms with Crippen molar-refractivity contribution in [2.45, 2.75) is 20.0 Å². The number of carbonyl (C=O) groups is 1. The van der Waals surface area contributed by atoms with Gasteiger partial charge in [-0.25, -0.2) is 0 Å². The number of hydrogen-bond donors (Lipinski definition) is 0. The zero-order valence-corrected chi connectivity index (χ0v) is 10.6. The molecule has 0 unspecified atom stereocenters. The fourth-order valence-corrected chi connectivity index (χ4v) is 1.33. The van der Waals surface area contributed by atoms with Crippen molar-refractivity contribution in [3.05, 3.63) is 24.3 Å². The van der Waals surface area contributed by atoms with Crippen LogP contribution >= 0.6 is 15.9 Å². The summed E-state index contributed by atoms with van der Waals surface area (Å²) in [6, 6.07) is 7.39. The van der Waals surface area contributed by atoms with Gasteiger partial charge in [0.2, 0.25) is 0 Å². The van der Waals surface area contributed by atoms with Crippen LogP contribution in [0.4, 0.5) is 10.5 Å². The summed E-state index contributed by atoms with van der Waals surface area (Å²) in [4.78, 5) is 12.4. The molecule has 15 heavy (non-hydrogen) atoms. The molecule has 0 radical (unpaired) electrons. The van der Waals surface area contributed by atoms with Gasteiger partial charge < -0.3 is 9.64 Å². The molecule has 0 heterocycles. The highest BCUT2D eigenvalue weighted by atomic mass is 79.9. The van der Waals surface area contributed by atoms with Crippen LogP contribution in [0.25, 0.3) is 0 Å². The maximum atomic E-state index is 11.0. The van der Waals surface area contributed by atoms with E-state index in [1.54, 1.807) is 7.05 Å². The predicted molar refractivity (Wildman–Crippen MR) is 64.9 cm³/mol. The Bertz CT molecular complexity index is 335. The average molecular weight is 272 g/mol. The van der Waals surface area contributed by atoms with Crippen LogP contribution in [0.2, 0.25) is 0 Å². The molecule has 4 heteroatoms. The largest absolute Gasteiger partial charge is 0.491 e. The van der Waals surface area contributed by atoms with E-state index in [1.807, 2.05) is 38.1 Å². The number of benzene rings is 1. The number of halogens is 1. The molecule has 0 atom stereocenters. The second-order valence-corrected chi connectivity index (χ2v) is 4.15. The summed E-state index contributed by atoms with van der Waals surface area (Å²) in [5.74, 6) is 0.809. The van der Waals surface area contributed by atoms with E-state index in [9.17, 15) is 4.79 Å². The van der Waals surface area contributed by atoms with E-state index in [2.05, 4.69) is 15.9 Å². The molecule has 1 amide bonds. The van der Waals surface area contributed by atoms with Gasteiger partial charge in [0.05, 0.1) is 6.10 Å². The Morgan fingerprint density at radius 1 is 1.33 bits per heavy atom. The summed E-state index contributed by atoms with van der Waals surface area (Å²) in [5, 5.41) is 0. The number of amides is 1. The fraction of sp³-hybridized carbons (Fsp3) is 0.364. The molecule has 1 aromatic rings. The van der Waals surface area contributed by atoms with Crippen molar-refractivity contribution in [3.8, 4) is 5.75 Å². The van der Waals surface area contributed by atoms with E-state index in [0.29, 0.717) is 0 Å². The Hall–Kier alpha value is -1.03. The Balaban J connectivity index is 2.76. The lowest BCUT2D eigenvalue weighted by Gasteiger charge is -2.15. The van der Waals surface area contributed by atoms with Crippen LogP contribution in [0, 0.1) is 0 Å². The Kier molecular flexibility index (Phi) is 4.15. The molecule has 0 aliphatic carbocycles. The molecular weight excluding hydrogens is 258 g/mol. The lowest BCUT2D eigenvalue weighted by atomic mass is 10.3. The molecule has 1 aromatic carbocycles.